The van der Waals surface area contributed by atoms with E-state index in [9.17, 15) is 9.59 Å². The van der Waals surface area contributed by atoms with E-state index in [-0.39, 0.29) is 12.2 Å². The summed E-state index contributed by atoms with van der Waals surface area (Å²) in [5.74, 6) is 0.0911. The third-order valence-corrected chi connectivity index (χ3v) is 9.19. The minimum atomic E-state index is -0.790. The normalized spacial score (nSPS) is 14.7. The number of nitrogens with one attached hydrogen (secondary N) is 1. The SMILES string of the molecule is CCOC(=O)C1=C(c2ccccc2)N=c2s/c(=C\c3c(-c4ccccc4)[nH]c4c(C)cccc34)c(=O)n2[C@@H]1c1cccc(OC)c1. The summed E-state index contributed by atoms with van der Waals surface area (Å²) in [7, 11) is 1.59. The van der Waals surface area contributed by atoms with Crippen LogP contribution in [0.2, 0.25) is 0 Å². The summed E-state index contributed by atoms with van der Waals surface area (Å²) in [6, 6.07) is 32.5. The number of carbonyl (C=O) groups excluding carboxylic acids is 1. The van der Waals surface area contributed by atoms with E-state index in [0.717, 1.165) is 38.9 Å². The number of fused-ring (bicyclic) bond motifs is 2. The number of nitrogens with zero attached hydrogens (tertiary/aromatic N) is 2. The lowest BCUT2D eigenvalue weighted by atomic mass is 9.93. The number of ether oxygens (including phenoxy) is 2. The Morgan fingerprint density at radius 1 is 0.957 bits per heavy atom. The number of para-hydroxylation sites is 1. The Bertz CT molecular complexity index is 2320. The van der Waals surface area contributed by atoms with Gasteiger partial charge in [-0.15, -0.1) is 0 Å². The second-order valence-electron chi connectivity index (χ2n) is 11.0. The number of thiazole rings is 1. The molecule has 0 saturated carbocycles. The number of hydrogen-bond acceptors (Lipinski definition) is 6. The monoisotopic (exact) mass is 625 g/mol. The van der Waals surface area contributed by atoms with Gasteiger partial charge in [0.15, 0.2) is 4.80 Å². The van der Waals surface area contributed by atoms with Crippen LogP contribution in [0.4, 0.5) is 0 Å². The minimum Gasteiger partial charge on any atom is -0.497 e. The Kier molecular flexibility index (Phi) is 7.72. The van der Waals surface area contributed by atoms with E-state index in [1.54, 1.807) is 18.6 Å². The van der Waals surface area contributed by atoms with E-state index in [4.69, 9.17) is 14.5 Å². The lowest BCUT2D eigenvalue weighted by molar-refractivity contribution is -0.138. The number of rotatable bonds is 7. The van der Waals surface area contributed by atoms with Crippen molar-refractivity contribution in [3.63, 3.8) is 0 Å². The van der Waals surface area contributed by atoms with Crippen molar-refractivity contribution < 1.29 is 14.3 Å². The molecule has 1 aliphatic heterocycles. The summed E-state index contributed by atoms with van der Waals surface area (Å²) in [5.41, 5.74) is 7.00. The van der Waals surface area contributed by atoms with E-state index < -0.39 is 12.0 Å². The lowest BCUT2D eigenvalue weighted by Crippen LogP contribution is -2.40. The first-order valence-electron chi connectivity index (χ1n) is 15.1. The summed E-state index contributed by atoms with van der Waals surface area (Å²) in [6.45, 7) is 4.02. The highest BCUT2D eigenvalue weighted by Gasteiger charge is 2.35. The van der Waals surface area contributed by atoms with Gasteiger partial charge in [0.1, 0.15) is 5.75 Å². The minimum absolute atomic E-state index is 0.182. The first kappa shape index (κ1) is 29.3. The van der Waals surface area contributed by atoms with Crippen LogP contribution in [-0.2, 0) is 9.53 Å². The molecule has 228 valence electrons. The Hall–Kier alpha value is -5.47. The van der Waals surface area contributed by atoms with Crippen LogP contribution in [0.1, 0.15) is 35.2 Å². The van der Waals surface area contributed by atoms with E-state index >= 15 is 0 Å². The predicted octanol–water partition coefficient (Wildman–Crippen LogP) is 6.40. The molecule has 1 atom stereocenters. The molecule has 4 aromatic carbocycles. The highest BCUT2D eigenvalue weighted by Crippen LogP contribution is 2.37. The molecule has 0 aliphatic carbocycles. The van der Waals surface area contributed by atoms with Crippen LogP contribution in [0.5, 0.6) is 5.75 Å². The van der Waals surface area contributed by atoms with E-state index in [1.165, 1.54) is 11.3 Å². The fourth-order valence-corrected chi connectivity index (χ4v) is 7.05. The van der Waals surface area contributed by atoms with Crippen molar-refractivity contribution in [1.82, 2.24) is 9.55 Å². The fraction of sp³-hybridized carbons (Fsp3) is 0.132. The van der Waals surface area contributed by atoms with Crippen LogP contribution >= 0.6 is 11.3 Å². The largest absolute Gasteiger partial charge is 0.497 e. The van der Waals surface area contributed by atoms with Gasteiger partial charge in [-0.3, -0.25) is 9.36 Å². The zero-order valence-electron chi connectivity index (χ0n) is 25.6. The summed E-state index contributed by atoms with van der Waals surface area (Å²) in [6.07, 6.45) is 1.95. The molecule has 0 fully saturated rings. The number of aryl methyl sites for hydroxylation is 1. The van der Waals surface area contributed by atoms with Crippen LogP contribution in [0.25, 0.3) is 33.9 Å². The topological polar surface area (TPSA) is 85.7 Å². The van der Waals surface area contributed by atoms with Crippen molar-refractivity contribution in [1.29, 1.82) is 0 Å². The molecule has 3 heterocycles. The molecule has 0 unspecified atom stereocenters. The number of carbonyl (C=O) groups is 1. The van der Waals surface area contributed by atoms with E-state index in [0.29, 0.717) is 31.9 Å². The van der Waals surface area contributed by atoms with Crippen LogP contribution in [0, 0.1) is 6.92 Å². The van der Waals surface area contributed by atoms with Crippen LogP contribution in [0.15, 0.2) is 118 Å². The van der Waals surface area contributed by atoms with Gasteiger partial charge in [0.05, 0.1) is 41.3 Å². The fourth-order valence-electron chi connectivity index (χ4n) is 6.07. The number of aromatic nitrogens is 2. The third-order valence-electron chi connectivity index (χ3n) is 8.20. The summed E-state index contributed by atoms with van der Waals surface area (Å²) >= 11 is 1.31. The van der Waals surface area contributed by atoms with Gasteiger partial charge in [-0.1, -0.05) is 102 Å². The van der Waals surface area contributed by atoms with E-state index in [1.807, 2.05) is 84.9 Å². The molecule has 0 saturated heterocycles. The molecule has 8 heteroatoms. The van der Waals surface area contributed by atoms with Gasteiger partial charge >= 0.3 is 5.97 Å². The van der Waals surface area contributed by atoms with Gasteiger partial charge in [0.2, 0.25) is 0 Å². The zero-order valence-corrected chi connectivity index (χ0v) is 26.4. The smallest absolute Gasteiger partial charge is 0.338 e. The second-order valence-corrected chi connectivity index (χ2v) is 12.0. The molecule has 7 rings (SSSR count). The van der Waals surface area contributed by atoms with Gasteiger partial charge in [0.25, 0.3) is 5.56 Å². The summed E-state index contributed by atoms with van der Waals surface area (Å²) < 4.78 is 13.3. The average molecular weight is 626 g/mol. The van der Waals surface area contributed by atoms with Crippen molar-refractivity contribution in [3.05, 3.63) is 151 Å². The van der Waals surface area contributed by atoms with Crippen molar-refractivity contribution in [3.8, 4) is 17.0 Å². The Labute approximate surface area is 269 Å². The standard InChI is InChI=1S/C38H31N3O4S/c1-4-45-37(43)31-34(25-16-9-6-10-17-25)40-38-41(35(31)26-18-12-19-27(21-26)44-3)36(42)30(46-38)22-29-28-20-11-13-23(2)32(28)39-33(29)24-14-7-5-8-15-24/h5-22,35,39H,4H2,1-3H3/b30-22-/t35-/m1/s1. The summed E-state index contributed by atoms with van der Waals surface area (Å²) in [5, 5.41) is 1.02. The zero-order chi connectivity index (χ0) is 31.8. The molecule has 0 spiro atoms. The van der Waals surface area contributed by atoms with Crippen LogP contribution in [0.3, 0.4) is 0 Å². The molecule has 0 bridgehead atoms. The maximum Gasteiger partial charge on any atom is 0.338 e. The van der Waals surface area contributed by atoms with Crippen LogP contribution in [-0.4, -0.2) is 29.2 Å². The maximum atomic E-state index is 14.6. The van der Waals surface area contributed by atoms with Crippen molar-refractivity contribution in [2.75, 3.05) is 13.7 Å². The average Bonchev–Trinajstić information content (AvgIpc) is 3.62. The highest BCUT2D eigenvalue weighted by molar-refractivity contribution is 7.07. The van der Waals surface area contributed by atoms with Gasteiger partial charge in [-0.25, -0.2) is 9.79 Å². The van der Waals surface area contributed by atoms with Gasteiger partial charge in [-0.05, 0) is 48.7 Å². The number of methoxy groups -OCH3 is 1. The number of benzene rings is 4. The lowest BCUT2D eigenvalue weighted by Gasteiger charge is -2.26. The van der Waals surface area contributed by atoms with Crippen molar-refractivity contribution in [2.45, 2.75) is 19.9 Å². The molecular weight excluding hydrogens is 595 g/mol. The quantitative estimate of drug-likeness (QED) is 0.208. The molecule has 1 N–H and O–H groups in total. The maximum absolute atomic E-state index is 14.6. The number of hydrogen-bond donors (Lipinski definition) is 1. The van der Waals surface area contributed by atoms with Gasteiger partial charge in [-0.2, -0.15) is 0 Å². The third kappa shape index (κ3) is 5.06. The second kappa shape index (κ2) is 12.1. The Balaban J connectivity index is 1.54. The number of H-pyrrole nitrogens is 1. The molecule has 0 amide bonds. The van der Waals surface area contributed by atoms with Crippen molar-refractivity contribution in [2.24, 2.45) is 4.99 Å². The van der Waals surface area contributed by atoms with Gasteiger partial charge < -0.3 is 14.5 Å². The molecule has 1 aliphatic rings. The summed E-state index contributed by atoms with van der Waals surface area (Å²) in [4.78, 5) is 37.5. The van der Waals surface area contributed by atoms with E-state index in [2.05, 4.69) is 36.2 Å². The molecular formula is C38H31N3O4S. The van der Waals surface area contributed by atoms with Crippen LogP contribution < -0.4 is 19.6 Å². The number of esters is 1. The number of aromatic amines is 1. The molecule has 46 heavy (non-hydrogen) atoms. The molecule has 7 nitrogen and oxygen atoms in total. The Morgan fingerprint density at radius 3 is 2.39 bits per heavy atom. The molecule has 0 radical (unpaired) electrons. The molecule has 6 aromatic rings. The first-order chi connectivity index (χ1) is 22.5. The first-order valence-corrected chi connectivity index (χ1v) is 15.9. The van der Waals surface area contributed by atoms with Gasteiger partial charge in [0, 0.05) is 22.0 Å². The molecule has 2 aromatic heterocycles. The van der Waals surface area contributed by atoms with Crippen molar-refractivity contribution >= 4 is 40.0 Å². The predicted molar refractivity (Wildman–Crippen MR) is 183 cm³/mol. The Morgan fingerprint density at radius 2 is 1.67 bits per heavy atom. The highest BCUT2D eigenvalue weighted by atomic mass is 32.1.